The van der Waals surface area contributed by atoms with Crippen LogP contribution in [0.5, 0.6) is 0 Å². The average Bonchev–Trinajstić information content (AvgIpc) is 2.71. The predicted molar refractivity (Wildman–Crippen MR) is 98.6 cm³/mol. The minimum absolute atomic E-state index is 0.395. The number of nitrogens with one attached hydrogen (secondary N) is 1. The van der Waals surface area contributed by atoms with Crippen molar-refractivity contribution in [1.29, 1.82) is 0 Å². The van der Waals surface area contributed by atoms with Crippen molar-refractivity contribution in [3.63, 3.8) is 0 Å². The molecule has 2 N–H and O–H groups in total. The van der Waals surface area contributed by atoms with Gasteiger partial charge in [0, 0.05) is 5.56 Å². The smallest absolute Gasteiger partial charge is 0.331 e. The van der Waals surface area contributed by atoms with Crippen molar-refractivity contribution in [2.75, 3.05) is 7.11 Å². The van der Waals surface area contributed by atoms with E-state index in [1.165, 1.54) is 7.11 Å². The average molecular weight is 349 g/mol. The molecular weight excluding hydrogens is 330 g/mol. The summed E-state index contributed by atoms with van der Waals surface area (Å²) < 4.78 is 4.77. The number of esters is 1. The summed E-state index contributed by atoms with van der Waals surface area (Å²) in [5, 5.41) is 15.2. The Morgan fingerprint density at radius 1 is 0.923 bits per heavy atom. The topological polar surface area (TPSA) is 75.6 Å². The lowest BCUT2D eigenvalue weighted by atomic mass is 9.98. The fraction of sp³-hybridized carbons (Fsp3) is 0.143. The van der Waals surface area contributed by atoms with Crippen molar-refractivity contribution in [2.24, 2.45) is 0 Å². The second-order valence-electron chi connectivity index (χ2n) is 5.89. The van der Waals surface area contributed by atoms with Crippen LogP contribution in [-0.2, 0) is 9.53 Å². The number of amides is 1. The standard InChI is InChI=1S/C21H19NO4/c1-26-21(25)18(22-20(24)15-8-3-2-4-9-15)19(23)17-12-11-14-7-5-6-10-16(14)13-17/h2-13,18-19,23H,1H3,(H,22,24)/t18-,19-/m0/s1. The summed E-state index contributed by atoms with van der Waals surface area (Å²) in [6.45, 7) is 0. The van der Waals surface area contributed by atoms with E-state index < -0.39 is 24.0 Å². The lowest BCUT2D eigenvalue weighted by Crippen LogP contribution is -2.45. The number of benzene rings is 3. The summed E-state index contributed by atoms with van der Waals surface area (Å²) in [7, 11) is 1.22. The molecule has 0 aliphatic rings. The summed E-state index contributed by atoms with van der Waals surface area (Å²) in [5.41, 5.74) is 0.916. The highest BCUT2D eigenvalue weighted by molar-refractivity contribution is 5.97. The highest BCUT2D eigenvalue weighted by Crippen LogP contribution is 2.23. The van der Waals surface area contributed by atoms with E-state index in [4.69, 9.17) is 4.74 Å². The van der Waals surface area contributed by atoms with Crippen molar-refractivity contribution in [2.45, 2.75) is 12.1 Å². The SMILES string of the molecule is COC(=O)[C@@H](NC(=O)c1ccccc1)[C@@H](O)c1ccc2ccccc2c1. The number of aliphatic hydroxyl groups excluding tert-OH is 1. The molecular formula is C21H19NO4. The summed E-state index contributed by atoms with van der Waals surface area (Å²) in [6, 6.07) is 20.4. The molecule has 0 spiro atoms. The summed E-state index contributed by atoms with van der Waals surface area (Å²) in [4.78, 5) is 24.6. The largest absolute Gasteiger partial charge is 0.467 e. The van der Waals surface area contributed by atoms with Gasteiger partial charge in [0.2, 0.25) is 0 Å². The van der Waals surface area contributed by atoms with Crippen LogP contribution in [0.1, 0.15) is 22.0 Å². The maximum atomic E-state index is 12.4. The van der Waals surface area contributed by atoms with Crippen molar-refractivity contribution < 1.29 is 19.4 Å². The third-order valence-corrected chi connectivity index (χ3v) is 4.21. The van der Waals surface area contributed by atoms with E-state index >= 15 is 0 Å². The van der Waals surface area contributed by atoms with Gasteiger partial charge in [0.25, 0.3) is 5.91 Å². The number of carbonyl (C=O) groups excluding carboxylic acids is 2. The van der Waals surface area contributed by atoms with Crippen LogP contribution in [0.3, 0.4) is 0 Å². The third-order valence-electron chi connectivity index (χ3n) is 4.21. The Balaban J connectivity index is 1.88. The first kappa shape index (κ1) is 17.6. The number of rotatable bonds is 5. The van der Waals surface area contributed by atoms with E-state index in [1.54, 1.807) is 42.5 Å². The number of aliphatic hydroxyl groups is 1. The molecule has 3 aromatic rings. The molecule has 5 nitrogen and oxygen atoms in total. The molecule has 0 aromatic heterocycles. The zero-order valence-electron chi connectivity index (χ0n) is 14.3. The summed E-state index contributed by atoms with van der Waals surface area (Å²) >= 11 is 0. The molecule has 0 radical (unpaired) electrons. The van der Waals surface area contributed by atoms with Gasteiger partial charge in [-0.25, -0.2) is 4.79 Å². The van der Waals surface area contributed by atoms with Gasteiger partial charge in [0.05, 0.1) is 7.11 Å². The van der Waals surface area contributed by atoms with E-state index in [0.29, 0.717) is 11.1 Å². The van der Waals surface area contributed by atoms with Crippen LogP contribution in [0, 0.1) is 0 Å². The van der Waals surface area contributed by atoms with Gasteiger partial charge >= 0.3 is 5.97 Å². The van der Waals surface area contributed by atoms with E-state index in [-0.39, 0.29) is 0 Å². The van der Waals surface area contributed by atoms with E-state index in [2.05, 4.69) is 5.32 Å². The second-order valence-corrected chi connectivity index (χ2v) is 5.89. The minimum atomic E-state index is -1.24. The molecule has 0 saturated heterocycles. The number of carbonyl (C=O) groups is 2. The Bertz CT molecular complexity index is 923. The highest BCUT2D eigenvalue weighted by Gasteiger charge is 2.31. The molecule has 1 amide bonds. The molecule has 132 valence electrons. The number of ether oxygens (including phenoxy) is 1. The number of hydrogen-bond donors (Lipinski definition) is 2. The molecule has 0 aliphatic heterocycles. The van der Waals surface area contributed by atoms with Gasteiger partial charge < -0.3 is 15.2 Å². The van der Waals surface area contributed by atoms with Crippen LogP contribution < -0.4 is 5.32 Å². The van der Waals surface area contributed by atoms with Crippen molar-refractivity contribution in [3.8, 4) is 0 Å². The zero-order valence-corrected chi connectivity index (χ0v) is 14.3. The molecule has 0 aliphatic carbocycles. The first-order chi connectivity index (χ1) is 12.6. The Labute approximate surface area is 151 Å². The van der Waals surface area contributed by atoms with Crippen LogP contribution >= 0.6 is 0 Å². The van der Waals surface area contributed by atoms with E-state index in [1.807, 2.05) is 30.3 Å². The molecule has 5 heteroatoms. The third kappa shape index (κ3) is 3.73. The molecule has 2 atom stereocenters. The molecule has 0 bridgehead atoms. The minimum Gasteiger partial charge on any atom is -0.467 e. The number of fused-ring (bicyclic) bond motifs is 1. The number of hydrogen-bond acceptors (Lipinski definition) is 4. The number of methoxy groups -OCH3 is 1. The Morgan fingerprint density at radius 2 is 1.58 bits per heavy atom. The highest BCUT2D eigenvalue weighted by atomic mass is 16.5. The van der Waals surface area contributed by atoms with Gasteiger partial charge in [-0.1, -0.05) is 54.6 Å². The first-order valence-corrected chi connectivity index (χ1v) is 8.20. The predicted octanol–water partition coefficient (Wildman–Crippen LogP) is 2.84. The fourth-order valence-corrected chi connectivity index (χ4v) is 2.79. The molecule has 0 saturated carbocycles. The lowest BCUT2D eigenvalue weighted by molar-refractivity contribution is -0.146. The zero-order chi connectivity index (χ0) is 18.5. The normalized spacial score (nSPS) is 13.0. The molecule has 3 rings (SSSR count). The second kappa shape index (κ2) is 7.80. The molecule has 0 fully saturated rings. The maximum Gasteiger partial charge on any atom is 0.331 e. The Hall–Kier alpha value is -3.18. The van der Waals surface area contributed by atoms with Gasteiger partial charge in [0.1, 0.15) is 6.10 Å². The van der Waals surface area contributed by atoms with Crippen LogP contribution in [0.25, 0.3) is 10.8 Å². The van der Waals surface area contributed by atoms with Crippen molar-refractivity contribution in [1.82, 2.24) is 5.32 Å². The van der Waals surface area contributed by atoms with Gasteiger partial charge in [-0.05, 0) is 34.5 Å². The molecule has 0 unspecified atom stereocenters. The monoisotopic (exact) mass is 349 g/mol. The van der Waals surface area contributed by atoms with Crippen LogP contribution in [-0.4, -0.2) is 30.1 Å². The molecule has 0 heterocycles. The fourth-order valence-electron chi connectivity index (χ4n) is 2.79. The van der Waals surface area contributed by atoms with Crippen LogP contribution in [0.15, 0.2) is 72.8 Å². The van der Waals surface area contributed by atoms with Gasteiger partial charge in [-0.15, -0.1) is 0 Å². The van der Waals surface area contributed by atoms with Crippen LogP contribution in [0.2, 0.25) is 0 Å². The van der Waals surface area contributed by atoms with Gasteiger partial charge in [-0.2, -0.15) is 0 Å². The summed E-state index contributed by atoms with van der Waals surface area (Å²) in [5.74, 6) is -1.17. The lowest BCUT2D eigenvalue weighted by Gasteiger charge is -2.22. The molecule has 3 aromatic carbocycles. The van der Waals surface area contributed by atoms with Gasteiger partial charge in [0.15, 0.2) is 6.04 Å². The Morgan fingerprint density at radius 3 is 2.27 bits per heavy atom. The van der Waals surface area contributed by atoms with Crippen LogP contribution in [0.4, 0.5) is 0 Å². The quantitative estimate of drug-likeness (QED) is 0.695. The van der Waals surface area contributed by atoms with Gasteiger partial charge in [-0.3, -0.25) is 4.79 Å². The van der Waals surface area contributed by atoms with E-state index in [9.17, 15) is 14.7 Å². The van der Waals surface area contributed by atoms with Crippen molar-refractivity contribution >= 4 is 22.6 Å². The molecule has 26 heavy (non-hydrogen) atoms. The van der Waals surface area contributed by atoms with Crippen molar-refractivity contribution in [3.05, 3.63) is 83.9 Å². The summed E-state index contributed by atoms with van der Waals surface area (Å²) in [6.07, 6.45) is -1.24. The maximum absolute atomic E-state index is 12.4. The Kier molecular flexibility index (Phi) is 5.29. The van der Waals surface area contributed by atoms with E-state index in [0.717, 1.165) is 10.8 Å². The first-order valence-electron chi connectivity index (χ1n) is 8.20.